The van der Waals surface area contributed by atoms with Crippen molar-refractivity contribution in [2.45, 2.75) is 32.8 Å². The van der Waals surface area contributed by atoms with Crippen LogP contribution in [0.2, 0.25) is 0 Å². The van der Waals surface area contributed by atoms with Gasteiger partial charge in [-0.05, 0) is 12.3 Å². The Bertz CT molecular complexity index is 150. The Labute approximate surface area is 96.1 Å². The normalized spacial score (nSPS) is 26.4. The van der Waals surface area contributed by atoms with Crippen LogP contribution in [0.1, 0.15) is 26.7 Å². The van der Waals surface area contributed by atoms with Crippen LogP contribution >= 0.6 is 15.9 Å². The van der Waals surface area contributed by atoms with Crippen LogP contribution < -0.4 is 0 Å². The molecular formula is C11H22BrNO. The predicted octanol–water partition coefficient (Wildman–Crippen LogP) is 2.52. The van der Waals surface area contributed by atoms with Crippen molar-refractivity contribution in [1.29, 1.82) is 0 Å². The second kappa shape index (κ2) is 6.81. The second-order valence-electron chi connectivity index (χ2n) is 4.09. The van der Waals surface area contributed by atoms with Crippen LogP contribution in [0.15, 0.2) is 0 Å². The molecule has 3 heteroatoms. The highest BCUT2D eigenvalue weighted by atomic mass is 79.9. The Morgan fingerprint density at radius 2 is 2.29 bits per heavy atom. The molecule has 2 atom stereocenters. The van der Waals surface area contributed by atoms with Gasteiger partial charge in [0.05, 0.1) is 12.7 Å². The molecule has 0 aromatic rings. The standard InChI is InChI=1S/C11H22BrNO/c1-3-10(7-12)8-13-5-6-14-11(4-2)9-13/h10-11H,3-9H2,1-2H3. The summed E-state index contributed by atoms with van der Waals surface area (Å²) < 4.78 is 5.65. The first-order chi connectivity index (χ1) is 6.80. The third-order valence-electron chi connectivity index (χ3n) is 2.99. The molecule has 0 aromatic carbocycles. The van der Waals surface area contributed by atoms with E-state index in [9.17, 15) is 0 Å². The summed E-state index contributed by atoms with van der Waals surface area (Å²) in [5, 5.41) is 1.12. The maximum atomic E-state index is 5.65. The van der Waals surface area contributed by atoms with E-state index in [1.165, 1.54) is 13.0 Å². The number of halogens is 1. The average Bonchev–Trinajstić information content (AvgIpc) is 2.26. The molecular weight excluding hydrogens is 242 g/mol. The summed E-state index contributed by atoms with van der Waals surface area (Å²) in [6, 6.07) is 0. The highest BCUT2D eigenvalue weighted by Gasteiger charge is 2.20. The van der Waals surface area contributed by atoms with E-state index in [1.807, 2.05) is 0 Å². The monoisotopic (exact) mass is 263 g/mol. The fourth-order valence-electron chi connectivity index (χ4n) is 1.85. The fraction of sp³-hybridized carbons (Fsp3) is 1.00. The first kappa shape index (κ1) is 12.5. The topological polar surface area (TPSA) is 12.5 Å². The van der Waals surface area contributed by atoms with E-state index < -0.39 is 0 Å². The molecule has 1 aliphatic heterocycles. The molecule has 1 rings (SSSR count). The van der Waals surface area contributed by atoms with Gasteiger partial charge in [-0.15, -0.1) is 0 Å². The highest BCUT2D eigenvalue weighted by molar-refractivity contribution is 9.09. The molecule has 0 bridgehead atoms. The minimum Gasteiger partial charge on any atom is -0.376 e. The summed E-state index contributed by atoms with van der Waals surface area (Å²) in [4.78, 5) is 2.55. The van der Waals surface area contributed by atoms with E-state index in [0.29, 0.717) is 6.10 Å². The largest absolute Gasteiger partial charge is 0.376 e. The predicted molar refractivity (Wildman–Crippen MR) is 64.0 cm³/mol. The molecule has 0 radical (unpaired) electrons. The molecule has 1 heterocycles. The molecule has 2 unspecified atom stereocenters. The van der Waals surface area contributed by atoms with Gasteiger partial charge in [-0.1, -0.05) is 36.2 Å². The van der Waals surface area contributed by atoms with Crippen LogP contribution in [0.25, 0.3) is 0 Å². The van der Waals surface area contributed by atoms with Crippen molar-refractivity contribution in [1.82, 2.24) is 4.90 Å². The van der Waals surface area contributed by atoms with Gasteiger partial charge in [-0.3, -0.25) is 4.90 Å². The summed E-state index contributed by atoms with van der Waals surface area (Å²) in [6.07, 6.45) is 2.87. The lowest BCUT2D eigenvalue weighted by Crippen LogP contribution is -2.44. The Balaban J connectivity index is 2.29. The lowest BCUT2D eigenvalue weighted by atomic mass is 10.1. The SMILES string of the molecule is CCC(CBr)CN1CCOC(CC)C1. The van der Waals surface area contributed by atoms with Crippen LogP contribution in [0, 0.1) is 5.92 Å². The van der Waals surface area contributed by atoms with Gasteiger partial charge >= 0.3 is 0 Å². The van der Waals surface area contributed by atoms with Gasteiger partial charge in [-0.25, -0.2) is 0 Å². The van der Waals surface area contributed by atoms with Crippen molar-refractivity contribution < 1.29 is 4.74 Å². The van der Waals surface area contributed by atoms with E-state index in [1.54, 1.807) is 0 Å². The molecule has 0 spiro atoms. The van der Waals surface area contributed by atoms with Crippen molar-refractivity contribution in [3.05, 3.63) is 0 Å². The van der Waals surface area contributed by atoms with Crippen LogP contribution in [0.3, 0.4) is 0 Å². The van der Waals surface area contributed by atoms with Gasteiger partial charge < -0.3 is 4.74 Å². The van der Waals surface area contributed by atoms with Crippen LogP contribution in [0.5, 0.6) is 0 Å². The lowest BCUT2D eigenvalue weighted by Gasteiger charge is -2.34. The maximum absolute atomic E-state index is 5.65. The van der Waals surface area contributed by atoms with Crippen molar-refractivity contribution >= 4 is 15.9 Å². The number of nitrogens with zero attached hydrogens (tertiary/aromatic N) is 1. The van der Waals surface area contributed by atoms with Crippen molar-refractivity contribution in [2.75, 3.05) is 31.6 Å². The third kappa shape index (κ3) is 3.87. The Kier molecular flexibility index (Phi) is 6.06. The van der Waals surface area contributed by atoms with E-state index in [0.717, 1.165) is 37.4 Å². The quantitative estimate of drug-likeness (QED) is 0.707. The summed E-state index contributed by atoms with van der Waals surface area (Å²) in [6.45, 7) is 8.85. The van der Waals surface area contributed by atoms with Gasteiger partial charge in [0, 0.05) is 25.0 Å². The molecule has 0 aliphatic carbocycles. The molecule has 0 aromatic heterocycles. The smallest absolute Gasteiger partial charge is 0.0700 e. The van der Waals surface area contributed by atoms with E-state index in [4.69, 9.17) is 4.74 Å². The molecule has 2 nitrogen and oxygen atoms in total. The molecule has 0 N–H and O–H groups in total. The Morgan fingerprint density at radius 3 is 2.86 bits per heavy atom. The summed E-state index contributed by atoms with van der Waals surface area (Å²) >= 11 is 3.58. The Morgan fingerprint density at radius 1 is 1.50 bits per heavy atom. The summed E-state index contributed by atoms with van der Waals surface area (Å²) in [5.41, 5.74) is 0. The molecule has 14 heavy (non-hydrogen) atoms. The van der Waals surface area contributed by atoms with Gasteiger partial charge in [0.1, 0.15) is 0 Å². The van der Waals surface area contributed by atoms with Crippen molar-refractivity contribution in [2.24, 2.45) is 5.92 Å². The van der Waals surface area contributed by atoms with Crippen LogP contribution in [0.4, 0.5) is 0 Å². The van der Waals surface area contributed by atoms with Gasteiger partial charge in [0.15, 0.2) is 0 Å². The van der Waals surface area contributed by atoms with Crippen molar-refractivity contribution in [3.8, 4) is 0 Å². The number of hydrogen-bond donors (Lipinski definition) is 0. The number of rotatable bonds is 5. The van der Waals surface area contributed by atoms with Gasteiger partial charge in [0.2, 0.25) is 0 Å². The van der Waals surface area contributed by atoms with Crippen LogP contribution in [-0.4, -0.2) is 42.6 Å². The molecule has 1 aliphatic rings. The minimum atomic E-state index is 0.469. The number of alkyl halides is 1. The minimum absolute atomic E-state index is 0.469. The Hall–Kier alpha value is 0.400. The van der Waals surface area contributed by atoms with Gasteiger partial charge in [0.25, 0.3) is 0 Å². The zero-order chi connectivity index (χ0) is 10.4. The maximum Gasteiger partial charge on any atom is 0.0700 e. The summed E-state index contributed by atoms with van der Waals surface area (Å²) in [5.74, 6) is 0.797. The molecule has 0 amide bonds. The van der Waals surface area contributed by atoms with E-state index in [2.05, 4.69) is 34.7 Å². The molecule has 84 valence electrons. The number of hydrogen-bond acceptors (Lipinski definition) is 2. The van der Waals surface area contributed by atoms with E-state index in [-0.39, 0.29) is 0 Å². The number of morpholine rings is 1. The third-order valence-corrected chi connectivity index (χ3v) is 3.91. The summed E-state index contributed by atoms with van der Waals surface area (Å²) in [7, 11) is 0. The lowest BCUT2D eigenvalue weighted by molar-refractivity contribution is -0.0332. The molecule has 1 fully saturated rings. The fourth-order valence-corrected chi connectivity index (χ4v) is 2.51. The molecule has 1 saturated heterocycles. The first-order valence-electron chi connectivity index (χ1n) is 5.70. The van der Waals surface area contributed by atoms with Crippen molar-refractivity contribution in [3.63, 3.8) is 0 Å². The number of ether oxygens (including phenoxy) is 1. The zero-order valence-corrected chi connectivity index (χ0v) is 10.9. The van der Waals surface area contributed by atoms with E-state index >= 15 is 0 Å². The average molecular weight is 264 g/mol. The second-order valence-corrected chi connectivity index (χ2v) is 4.74. The van der Waals surface area contributed by atoms with Gasteiger partial charge in [-0.2, -0.15) is 0 Å². The molecule has 0 saturated carbocycles. The first-order valence-corrected chi connectivity index (χ1v) is 6.82. The zero-order valence-electron chi connectivity index (χ0n) is 9.34. The highest BCUT2D eigenvalue weighted by Crippen LogP contribution is 2.13. The van der Waals surface area contributed by atoms with Crippen LogP contribution in [-0.2, 0) is 4.74 Å².